The lowest BCUT2D eigenvalue weighted by molar-refractivity contribution is -0.384. The van der Waals surface area contributed by atoms with E-state index < -0.39 is 4.92 Å². The Morgan fingerprint density at radius 3 is 2.42 bits per heavy atom. The number of hydrazone groups is 1. The monoisotopic (exact) mass is 481 g/mol. The minimum absolute atomic E-state index is 0.0947. The summed E-state index contributed by atoms with van der Waals surface area (Å²) in [6.07, 6.45) is 6.65. The molecule has 0 radical (unpaired) electrons. The van der Waals surface area contributed by atoms with Gasteiger partial charge in [-0.1, -0.05) is 28.1 Å². The molecule has 156 valence electrons. The third-order valence-electron chi connectivity index (χ3n) is 6.99. The molecule has 2 bridgehead atoms. The van der Waals surface area contributed by atoms with Crippen LogP contribution in [0.1, 0.15) is 12.2 Å². The van der Waals surface area contributed by atoms with E-state index in [1.165, 1.54) is 12.3 Å². The summed E-state index contributed by atoms with van der Waals surface area (Å²) in [6.45, 7) is 0. The van der Waals surface area contributed by atoms with E-state index in [1.54, 1.807) is 24.3 Å². The van der Waals surface area contributed by atoms with Crippen molar-refractivity contribution in [2.45, 2.75) is 6.42 Å². The standard InChI is InChI=1S/C22H16BrN3O5/c23-10-1-3-14(17(7-10)26(29)30)18-6-2-11(31-18)9-24-25-21(27)19-12-4-5-13(16-8-15(12)16)20(19)22(25)28/h1-7,9,12-13,15-16,19-20H,8H2/t12-,13-,15-,16-,19-,20+/m0/s1. The number of rotatable bonds is 4. The summed E-state index contributed by atoms with van der Waals surface area (Å²) in [6, 6.07) is 7.89. The van der Waals surface area contributed by atoms with Crippen LogP contribution >= 0.6 is 15.9 Å². The minimum Gasteiger partial charge on any atom is -0.455 e. The molecule has 4 aliphatic carbocycles. The molecular weight excluding hydrogens is 466 g/mol. The van der Waals surface area contributed by atoms with Crippen molar-refractivity contribution >= 4 is 39.6 Å². The molecule has 2 aromatic rings. The summed E-state index contributed by atoms with van der Waals surface area (Å²) >= 11 is 3.23. The average molecular weight is 482 g/mol. The second-order valence-corrected chi connectivity index (χ2v) is 9.42. The average Bonchev–Trinajstić information content (AvgIpc) is 3.39. The number of benzene rings is 1. The summed E-state index contributed by atoms with van der Waals surface area (Å²) in [5.74, 6) is 0.856. The van der Waals surface area contributed by atoms with Crippen LogP contribution in [-0.4, -0.2) is 28.0 Å². The van der Waals surface area contributed by atoms with Crippen LogP contribution in [0.2, 0.25) is 0 Å². The first-order valence-electron chi connectivity index (χ1n) is 10.1. The number of nitrogens with zero attached hydrogens (tertiary/aromatic N) is 3. The zero-order valence-corrected chi connectivity index (χ0v) is 17.6. The molecule has 0 spiro atoms. The highest BCUT2D eigenvalue weighted by Gasteiger charge is 2.67. The fourth-order valence-corrected chi connectivity index (χ4v) is 5.95. The van der Waals surface area contributed by atoms with E-state index in [9.17, 15) is 19.7 Å². The first kappa shape index (κ1) is 18.7. The van der Waals surface area contributed by atoms with E-state index in [2.05, 4.69) is 33.2 Å². The van der Waals surface area contributed by atoms with Crippen LogP contribution in [-0.2, 0) is 9.59 Å². The molecule has 2 amide bonds. The third kappa shape index (κ3) is 2.69. The van der Waals surface area contributed by atoms with Crippen molar-refractivity contribution in [1.29, 1.82) is 0 Å². The Bertz CT molecular complexity index is 1180. The number of allylic oxidation sites excluding steroid dienone is 2. The number of carbonyl (C=O) groups is 2. The van der Waals surface area contributed by atoms with E-state index in [-0.39, 0.29) is 41.2 Å². The molecule has 1 saturated heterocycles. The molecule has 0 N–H and O–H groups in total. The molecule has 31 heavy (non-hydrogen) atoms. The second-order valence-electron chi connectivity index (χ2n) is 8.51. The zero-order valence-electron chi connectivity index (χ0n) is 16.1. The Labute approximate surface area is 184 Å². The molecule has 8 nitrogen and oxygen atoms in total. The normalized spacial score (nSPS) is 32.6. The van der Waals surface area contributed by atoms with E-state index in [4.69, 9.17) is 4.42 Å². The molecule has 1 aromatic heterocycles. The zero-order chi connectivity index (χ0) is 21.4. The third-order valence-corrected chi connectivity index (χ3v) is 7.48. The van der Waals surface area contributed by atoms with Crippen LogP contribution in [0.4, 0.5) is 5.69 Å². The van der Waals surface area contributed by atoms with E-state index in [1.807, 2.05) is 0 Å². The highest BCUT2D eigenvalue weighted by Crippen LogP contribution is 2.65. The van der Waals surface area contributed by atoms with E-state index >= 15 is 0 Å². The fraction of sp³-hybridized carbons (Fsp3) is 0.318. The number of nitro benzene ring substituents is 1. The Balaban J connectivity index is 1.26. The van der Waals surface area contributed by atoms with Gasteiger partial charge in [-0.25, -0.2) is 0 Å². The van der Waals surface area contributed by atoms with Gasteiger partial charge < -0.3 is 4.42 Å². The highest BCUT2D eigenvalue weighted by molar-refractivity contribution is 9.10. The van der Waals surface area contributed by atoms with Gasteiger partial charge in [0.1, 0.15) is 11.5 Å². The fourth-order valence-electron chi connectivity index (χ4n) is 5.60. The summed E-state index contributed by atoms with van der Waals surface area (Å²) < 4.78 is 6.29. The number of hydrogen-bond acceptors (Lipinski definition) is 6. The Morgan fingerprint density at radius 1 is 1.10 bits per heavy atom. The largest absolute Gasteiger partial charge is 0.455 e. The van der Waals surface area contributed by atoms with Crippen molar-refractivity contribution in [3.8, 4) is 11.3 Å². The molecule has 1 aromatic carbocycles. The maximum atomic E-state index is 13.0. The summed E-state index contributed by atoms with van der Waals surface area (Å²) in [5.41, 5.74) is 0.233. The van der Waals surface area contributed by atoms with Crippen molar-refractivity contribution in [3.05, 3.63) is 62.8 Å². The van der Waals surface area contributed by atoms with E-state index in [0.717, 1.165) is 11.4 Å². The Hall–Kier alpha value is -3.07. The van der Waals surface area contributed by atoms with Gasteiger partial charge in [0.2, 0.25) is 0 Å². The van der Waals surface area contributed by atoms with E-state index in [0.29, 0.717) is 33.4 Å². The number of furan rings is 1. The molecule has 5 aliphatic rings. The van der Waals surface area contributed by atoms with Gasteiger partial charge in [0, 0.05) is 10.5 Å². The molecule has 7 rings (SSSR count). The molecule has 2 heterocycles. The first-order chi connectivity index (χ1) is 14.9. The van der Waals surface area contributed by atoms with Crippen molar-refractivity contribution in [1.82, 2.24) is 5.01 Å². The van der Waals surface area contributed by atoms with Crippen LogP contribution in [0, 0.1) is 45.6 Å². The second kappa shape index (κ2) is 6.46. The molecule has 1 aliphatic heterocycles. The van der Waals surface area contributed by atoms with Crippen LogP contribution in [0.5, 0.6) is 0 Å². The predicted octanol–water partition coefficient (Wildman–Crippen LogP) is 4.00. The molecule has 6 atom stereocenters. The van der Waals surface area contributed by atoms with Crippen molar-refractivity contribution in [2.24, 2.45) is 40.6 Å². The van der Waals surface area contributed by atoms with Crippen LogP contribution < -0.4 is 0 Å². The number of imide groups is 1. The lowest BCUT2D eigenvalue weighted by Gasteiger charge is -2.37. The number of halogens is 1. The van der Waals surface area contributed by atoms with Gasteiger partial charge in [0.25, 0.3) is 17.5 Å². The number of amides is 2. The molecule has 3 fully saturated rings. The first-order valence-corrected chi connectivity index (χ1v) is 10.9. The number of nitro groups is 1. The minimum atomic E-state index is -0.480. The smallest absolute Gasteiger partial charge is 0.281 e. The van der Waals surface area contributed by atoms with Gasteiger partial charge >= 0.3 is 0 Å². The summed E-state index contributed by atoms with van der Waals surface area (Å²) in [7, 11) is 0. The van der Waals surface area contributed by atoms with Gasteiger partial charge in [0.05, 0.1) is 28.5 Å². The van der Waals surface area contributed by atoms with Crippen molar-refractivity contribution in [3.63, 3.8) is 0 Å². The molecular formula is C22H16BrN3O5. The summed E-state index contributed by atoms with van der Waals surface area (Å²) in [5, 5.41) is 16.5. The molecule has 9 heteroatoms. The van der Waals surface area contributed by atoms with Crippen molar-refractivity contribution in [2.75, 3.05) is 0 Å². The topological polar surface area (TPSA) is 106 Å². The van der Waals surface area contributed by atoms with Gasteiger partial charge in [-0.05, 0) is 54.4 Å². The summed E-state index contributed by atoms with van der Waals surface area (Å²) in [4.78, 5) is 36.8. The Morgan fingerprint density at radius 2 is 1.77 bits per heavy atom. The van der Waals surface area contributed by atoms with Crippen LogP contribution in [0.3, 0.4) is 0 Å². The predicted molar refractivity (Wildman–Crippen MR) is 113 cm³/mol. The maximum absolute atomic E-state index is 13.0. The lowest BCUT2D eigenvalue weighted by atomic mass is 9.63. The number of carbonyl (C=O) groups excluding carboxylic acids is 2. The van der Waals surface area contributed by atoms with Crippen molar-refractivity contribution < 1.29 is 18.9 Å². The molecule has 0 unspecified atom stereocenters. The van der Waals surface area contributed by atoms with Gasteiger partial charge in [-0.2, -0.15) is 10.1 Å². The maximum Gasteiger partial charge on any atom is 0.281 e. The Kier molecular flexibility index (Phi) is 3.89. The van der Waals surface area contributed by atoms with Crippen LogP contribution in [0.15, 0.2) is 56.5 Å². The lowest BCUT2D eigenvalue weighted by Crippen LogP contribution is -2.40. The quantitative estimate of drug-likeness (QED) is 0.215. The van der Waals surface area contributed by atoms with Gasteiger partial charge in [-0.3, -0.25) is 19.7 Å². The molecule has 2 saturated carbocycles. The van der Waals surface area contributed by atoms with Gasteiger partial charge in [-0.15, -0.1) is 0 Å². The SMILES string of the molecule is O=C1[C@@H]2[C@H]3C=C[C@@H]([C@@H]4C[C@@H]34)[C@@H]2C(=O)N1N=Cc1ccc(-c2ccc(Br)cc2[N+](=O)[O-])o1. The highest BCUT2D eigenvalue weighted by atomic mass is 79.9. The number of hydrogen-bond donors (Lipinski definition) is 0. The van der Waals surface area contributed by atoms with Gasteiger partial charge in [0.15, 0.2) is 0 Å². The van der Waals surface area contributed by atoms with Crippen LogP contribution in [0.25, 0.3) is 11.3 Å².